The number of carbonyl (C=O) groups is 1. The third kappa shape index (κ3) is 3.68. The Hall–Kier alpha value is -2.76. The van der Waals surface area contributed by atoms with Crippen molar-refractivity contribution in [2.24, 2.45) is 0 Å². The lowest BCUT2D eigenvalue weighted by atomic mass is 9.95. The van der Waals surface area contributed by atoms with E-state index < -0.39 is 0 Å². The average Bonchev–Trinajstić information content (AvgIpc) is 3.12. The predicted molar refractivity (Wildman–Crippen MR) is 95.3 cm³/mol. The predicted octanol–water partition coefficient (Wildman–Crippen LogP) is 3.81. The number of ether oxygens (including phenoxy) is 2. The molecule has 0 bridgehead atoms. The summed E-state index contributed by atoms with van der Waals surface area (Å²) >= 11 is 0. The van der Waals surface area contributed by atoms with E-state index in [9.17, 15) is 4.79 Å². The highest BCUT2D eigenvalue weighted by Crippen LogP contribution is 2.32. The molecule has 0 atom stereocenters. The molecule has 4 rings (SSSR count). The maximum absolute atomic E-state index is 12.4. The second-order valence-electron chi connectivity index (χ2n) is 6.43. The van der Waals surface area contributed by atoms with Crippen molar-refractivity contribution in [2.75, 3.05) is 17.4 Å². The average molecular weight is 339 g/mol. The van der Waals surface area contributed by atoms with Gasteiger partial charge in [-0.15, -0.1) is 0 Å². The normalized spacial score (nSPS) is 16.5. The van der Waals surface area contributed by atoms with Gasteiger partial charge in [0, 0.05) is 11.6 Å². The molecule has 2 N–H and O–H groups in total. The molecule has 1 aromatic heterocycles. The van der Waals surface area contributed by atoms with Crippen LogP contribution in [0.25, 0.3) is 0 Å². The fourth-order valence-corrected chi connectivity index (χ4v) is 3.25. The molecule has 6 nitrogen and oxygen atoms in total. The van der Waals surface area contributed by atoms with Crippen LogP contribution >= 0.6 is 0 Å². The van der Waals surface area contributed by atoms with E-state index in [2.05, 4.69) is 15.6 Å². The number of hydrogen-bond acceptors (Lipinski definition) is 5. The van der Waals surface area contributed by atoms with Crippen molar-refractivity contribution in [3.05, 3.63) is 42.1 Å². The van der Waals surface area contributed by atoms with Gasteiger partial charge in [-0.05, 0) is 43.2 Å². The fourth-order valence-electron chi connectivity index (χ4n) is 3.25. The zero-order valence-electron chi connectivity index (χ0n) is 14.0. The topological polar surface area (TPSA) is 72.5 Å². The largest absolute Gasteiger partial charge is 0.454 e. The Kier molecular flexibility index (Phi) is 4.41. The summed E-state index contributed by atoms with van der Waals surface area (Å²) < 4.78 is 10.6. The molecular formula is C19H21N3O3. The van der Waals surface area contributed by atoms with Gasteiger partial charge in [-0.3, -0.25) is 4.79 Å². The van der Waals surface area contributed by atoms with Gasteiger partial charge in [0.2, 0.25) is 6.79 Å². The lowest BCUT2D eigenvalue weighted by molar-refractivity contribution is 0.102. The molecule has 2 heterocycles. The number of benzene rings is 1. The molecule has 6 heteroatoms. The van der Waals surface area contributed by atoms with Crippen LogP contribution in [0, 0.1) is 0 Å². The Morgan fingerprint density at radius 3 is 2.68 bits per heavy atom. The van der Waals surface area contributed by atoms with Crippen molar-refractivity contribution in [1.29, 1.82) is 0 Å². The van der Waals surface area contributed by atoms with Crippen molar-refractivity contribution in [1.82, 2.24) is 4.98 Å². The Bertz CT molecular complexity index is 755. The summed E-state index contributed by atoms with van der Waals surface area (Å²) in [5.41, 5.74) is 1.19. The molecular weight excluding hydrogens is 318 g/mol. The molecule has 0 spiro atoms. The molecule has 2 aliphatic rings. The quantitative estimate of drug-likeness (QED) is 0.886. The molecule has 1 saturated carbocycles. The smallest absolute Gasteiger partial charge is 0.255 e. The van der Waals surface area contributed by atoms with Gasteiger partial charge in [0.1, 0.15) is 5.82 Å². The number of aromatic nitrogens is 1. The third-order valence-electron chi connectivity index (χ3n) is 4.61. The molecule has 0 saturated heterocycles. The van der Waals surface area contributed by atoms with Crippen molar-refractivity contribution >= 4 is 17.4 Å². The maximum atomic E-state index is 12.4. The summed E-state index contributed by atoms with van der Waals surface area (Å²) in [4.78, 5) is 16.8. The van der Waals surface area contributed by atoms with Crippen molar-refractivity contribution in [3.8, 4) is 11.5 Å². The number of amides is 1. The number of rotatable bonds is 4. The van der Waals surface area contributed by atoms with Crippen LogP contribution < -0.4 is 20.1 Å². The summed E-state index contributed by atoms with van der Waals surface area (Å²) in [6.07, 6.45) is 7.96. The van der Waals surface area contributed by atoms with Gasteiger partial charge in [-0.25, -0.2) is 4.98 Å². The fraction of sp³-hybridized carbons (Fsp3) is 0.368. The maximum Gasteiger partial charge on any atom is 0.255 e. The van der Waals surface area contributed by atoms with Crippen LogP contribution in [0.2, 0.25) is 0 Å². The van der Waals surface area contributed by atoms with Crippen LogP contribution in [-0.4, -0.2) is 23.7 Å². The second-order valence-corrected chi connectivity index (χ2v) is 6.43. The Labute approximate surface area is 146 Å². The summed E-state index contributed by atoms with van der Waals surface area (Å²) in [7, 11) is 0. The molecule has 0 unspecified atom stereocenters. The van der Waals surface area contributed by atoms with E-state index in [0.29, 0.717) is 28.8 Å². The summed E-state index contributed by atoms with van der Waals surface area (Å²) in [5.74, 6) is 1.91. The first-order valence-corrected chi connectivity index (χ1v) is 8.71. The number of anilines is 2. The highest BCUT2D eigenvalue weighted by Gasteiger charge is 2.17. The monoisotopic (exact) mass is 339 g/mol. The molecule has 130 valence electrons. The van der Waals surface area contributed by atoms with Crippen LogP contribution in [0.3, 0.4) is 0 Å². The molecule has 1 aliphatic heterocycles. The third-order valence-corrected chi connectivity index (χ3v) is 4.61. The molecule has 1 aliphatic carbocycles. The van der Waals surface area contributed by atoms with Crippen LogP contribution in [0.4, 0.5) is 11.5 Å². The molecule has 0 radical (unpaired) electrons. The minimum Gasteiger partial charge on any atom is -0.454 e. The van der Waals surface area contributed by atoms with E-state index in [0.717, 1.165) is 5.82 Å². The van der Waals surface area contributed by atoms with Crippen molar-refractivity contribution in [2.45, 2.75) is 38.1 Å². The summed E-state index contributed by atoms with van der Waals surface area (Å²) in [6.45, 7) is 0.194. The minimum atomic E-state index is -0.201. The second kappa shape index (κ2) is 7.01. The first-order chi connectivity index (χ1) is 12.3. The highest BCUT2D eigenvalue weighted by molar-refractivity contribution is 6.04. The van der Waals surface area contributed by atoms with Crippen LogP contribution in [0.15, 0.2) is 36.5 Å². The highest BCUT2D eigenvalue weighted by atomic mass is 16.7. The zero-order valence-corrected chi connectivity index (χ0v) is 14.0. The van der Waals surface area contributed by atoms with Gasteiger partial charge in [-0.1, -0.05) is 19.3 Å². The van der Waals surface area contributed by atoms with E-state index in [1.165, 1.54) is 32.1 Å². The van der Waals surface area contributed by atoms with Crippen LogP contribution in [-0.2, 0) is 0 Å². The van der Waals surface area contributed by atoms with E-state index in [-0.39, 0.29) is 12.7 Å². The molecule has 2 aromatic rings. The number of carbonyl (C=O) groups excluding carboxylic acids is 1. The van der Waals surface area contributed by atoms with E-state index in [1.807, 2.05) is 12.1 Å². The first-order valence-electron chi connectivity index (χ1n) is 8.71. The van der Waals surface area contributed by atoms with Crippen LogP contribution in [0.1, 0.15) is 42.5 Å². The van der Waals surface area contributed by atoms with Gasteiger partial charge in [0.05, 0.1) is 11.9 Å². The first kappa shape index (κ1) is 15.7. The summed E-state index contributed by atoms with van der Waals surface area (Å²) in [6, 6.07) is 9.43. The van der Waals surface area contributed by atoms with E-state index >= 15 is 0 Å². The van der Waals surface area contributed by atoms with Crippen molar-refractivity contribution in [3.63, 3.8) is 0 Å². The van der Waals surface area contributed by atoms with Gasteiger partial charge < -0.3 is 20.1 Å². The summed E-state index contributed by atoms with van der Waals surface area (Å²) in [5, 5.41) is 6.32. The number of pyridine rings is 1. The van der Waals surface area contributed by atoms with Gasteiger partial charge in [-0.2, -0.15) is 0 Å². The molecule has 1 fully saturated rings. The number of nitrogens with zero attached hydrogens (tertiary/aromatic N) is 1. The number of nitrogens with one attached hydrogen (secondary N) is 2. The minimum absolute atomic E-state index is 0.194. The zero-order chi connectivity index (χ0) is 17.1. The Morgan fingerprint density at radius 2 is 1.88 bits per heavy atom. The number of hydrogen-bond donors (Lipinski definition) is 2. The molecule has 25 heavy (non-hydrogen) atoms. The van der Waals surface area contributed by atoms with E-state index in [4.69, 9.17) is 9.47 Å². The Morgan fingerprint density at radius 1 is 1.04 bits per heavy atom. The lowest BCUT2D eigenvalue weighted by Crippen LogP contribution is -2.22. The standard InChI is InChI=1S/C19H21N3O3/c23-19(13-6-8-16-17(10-13)25-12-24-16)22-15-7-9-18(20-11-15)21-14-4-2-1-3-5-14/h6-11,14H,1-5,12H2,(H,20,21)(H,22,23). The van der Waals surface area contributed by atoms with Crippen molar-refractivity contribution < 1.29 is 14.3 Å². The molecule has 1 aromatic carbocycles. The van der Waals surface area contributed by atoms with Gasteiger partial charge in [0.15, 0.2) is 11.5 Å². The Balaban J connectivity index is 1.38. The lowest BCUT2D eigenvalue weighted by Gasteiger charge is -2.23. The van der Waals surface area contributed by atoms with E-state index in [1.54, 1.807) is 24.4 Å². The SMILES string of the molecule is O=C(Nc1ccc(NC2CCCCC2)nc1)c1ccc2c(c1)OCO2. The van der Waals surface area contributed by atoms with Gasteiger partial charge >= 0.3 is 0 Å². The van der Waals surface area contributed by atoms with Gasteiger partial charge in [0.25, 0.3) is 5.91 Å². The number of fused-ring (bicyclic) bond motifs is 1. The van der Waals surface area contributed by atoms with Crippen LogP contribution in [0.5, 0.6) is 11.5 Å². The molecule has 1 amide bonds.